The maximum absolute atomic E-state index is 12.0. The van der Waals surface area contributed by atoms with Gasteiger partial charge in [0.1, 0.15) is 10.6 Å². The van der Waals surface area contributed by atoms with Crippen molar-refractivity contribution in [2.75, 3.05) is 0 Å². The first-order valence-corrected chi connectivity index (χ1v) is 7.56. The smallest absolute Gasteiger partial charge is 0.345 e. The lowest BCUT2D eigenvalue weighted by Gasteiger charge is -2.04. The topological polar surface area (TPSA) is 96.6 Å². The molecule has 6 nitrogen and oxygen atoms in total. The molecule has 0 radical (unpaired) electrons. The first kappa shape index (κ1) is 13.8. The van der Waals surface area contributed by atoms with Gasteiger partial charge in [0.2, 0.25) is 10.0 Å². The van der Waals surface area contributed by atoms with Crippen molar-refractivity contribution in [2.24, 2.45) is 0 Å². The van der Waals surface area contributed by atoms with Gasteiger partial charge in [0.05, 0.1) is 17.7 Å². The standard InChI is InChI=1S/C11H11NO5S2/c1-7-10(5-9(18-7)11(13)14)19(15,16)12-6-8-3-2-4-17-8/h2-5,12H,6H2,1H3,(H,13,14). The Labute approximate surface area is 113 Å². The largest absolute Gasteiger partial charge is 0.477 e. The van der Waals surface area contributed by atoms with Gasteiger partial charge in [-0.15, -0.1) is 11.3 Å². The van der Waals surface area contributed by atoms with E-state index in [0.717, 1.165) is 17.4 Å². The van der Waals surface area contributed by atoms with Crippen LogP contribution >= 0.6 is 11.3 Å². The molecule has 0 saturated heterocycles. The summed E-state index contributed by atoms with van der Waals surface area (Å²) in [6.45, 7) is 1.59. The van der Waals surface area contributed by atoms with Crippen LogP contribution in [-0.2, 0) is 16.6 Å². The molecular formula is C11H11NO5S2. The first-order chi connectivity index (χ1) is 8.90. The maximum atomic E-state index is 12.0. The average molecular weight is 301 g/mol. The number of aryl methyl sites for hydroxylation is 1. The molecule has 2 heterocycles. The van der Waals surface area contributed by atoms with Crippen molar-refractivity contribution in [2.45, 2.75) is 18.4 Å². The fourth-order valence-electron chi connectivity index (χ4n) is 1.49. The number of rotatable bonds is 5. The van der Waals surface area contributed by atoms with Crippen LogP contribution in [0.3, 0.4) is 0 Å². The highest BCUT2D eigenvalue weighted by Crippen LogP contribution is 2.25. The molecular weight excluding hydrogens is 290 g/mol. The van der Waals surface area contributed by atoms with Crippen LogP contribution in [0.5, 0.6) is 0 Å². The Balaban J connectivity index is 2.22. The quantitative estimate of drug-likeness (QED) is 0.878. The van der Waals surface area contributed by atoms with Crippen molar-refractivity contribution in [1.82, 2.24) is 4.72 Å². The van der Waals surface area contributed by atoms with E-state index in [1.165, 1.54) is 6.26 Å². The molecule has 0 bridgehead atoms. The van der Waals surface area contributed by atoms with E-state index in [1.54, 1.807) is 19.1 Å². The van der Waals surface area contributed by atoms with Crippen molar-refractivity contribution in [3.05, 3.63) is 40.0 Å². The lowest BCUT2D eigenvalue weighted by atomic mass is 10.4. The lowest BCUT2D eigenvalue weighted by Crippen LogP contribution is -2.23. The minimum atomic E-state index is -3.74. The van der Waals surface area contributed by atoms with Gasteiger partial charge in [-0.3, -0.25) is 0 Å². The summed E-state index contributed by atoms with van der Waals surface area (Å²) < 4.78 is 31.5. The van der Waals surface area contributed by atoms with Crippen molar-refractivity contribution in [3.63, 3.8) is 0 Å². The van der Waals surface area contributed by atoms with E-state index in [1.807, 2.05) is 0 Å². The third-order valence-electron chi connectivity index (χ3n) is 2.39. The zero-order valence-corrected chi connectivity index (χ0v) is 11.5. The number of carboxylic acid groups (broad SMARTS) is 1. The second kappa shape index (κ2) is 5.16. The van der Waals surface area contributed by atoms with Gasteiger partial charge in [-0.05, 0) is 25.1 Å². The molecule has 0 fully saturated rings. The number of carboxylic acids is 1. The van der Waals surface area contributed by atoms with Crippen molar-refractivity contribution >= 4 is 27.3 Å². The second-order valence-corrected chi connectivity index (χ2v) is 6.73. The number of aromatic carboxylic acids is 1. The van der Waals surface area contributed by atoms with Crippen molar-refractivity contribution in [3.8, 4) is 0 Å². The third-order valence-corrected chi connectivity index (χ3v) is 5.08. The van der Waals surface area contributed by atoms with Gasteiger partial charge < -0.3 is 9.52 Å². The minimum absolute atomic E-state index is 0.00382. The van der Waals surface area contributed by atoms with Crippen molar-refractivity contribution in [1.29, 1.82) is 0 Å². The van der Waals surface area contributed by atoms with Gasteiger partial charge in [0, 0.05) is 4.88 Å². The van der Waals surface area contributed by atoms with E-state index in [2.05, 4.69) is 4.72 Å². The molecule has 0 saturated carbocycles. The van der Waals surface area contributed by atoms with Crippen LogP contribution in [0.1, 0.15) is 20.3 Å². The Morgan fingerprint density at radius 1 is 1.53 bits per heavy atom. The molecule has 0 aliphatic heterocycles. The zero-order valence-electron chi connectivity index (χ0n) is 9.91. The van der Waals surface area contributed by atoms with E-state index in [0.29, 0.717) is 10.6 Å². The van der Waals surface area contributed by atoms with Crippen LogP contribution in [0.15, 0.2) is 33.8 Å². The van der Waals surface area contributed by atoms with Crippen LogP contribution < -0.4 is 4.72 Å². The Bertz CT molecular complexity index is 685. The average Bonchev–Trinajstić information content (AvgIpc) is 2.95. The van der Waals surface area contributed by atoms with Gasteiger partial charge in [-0.25, -0.2) is 17.9 Å². The van der Waals surface area contributed by atoms with Crippen LogP contribution in [0, 0.1) is 6.92 Å². The Morgan fingerprint density at radius 3 is 2.79 bits per heavy atom. The molecule has 0 unspecified atom stereocenters. The first-order valence-electron chi connectivity index (χ1n) is 5.26. The van der Waals surface area contributed by atoms with Crippen molar-refractivity contribution < 1.29 is 22.7 Å². The lowest BCUT2D eigenvalue weighted by molar-refractivity contribution is 0.0702. The normalized spacial score (nSPS) is 11.6. The molecule has 19 heavy (non-hydrogen) atoms. The maximum Gasteiger partial charge on any atom is 0.345 e. The van der Waals surface area contributed by atoms with Crippen LogP contribution in [0.25, 0.3) is 0 Å². The molecule has 2 aromatic heterocycles. The molecule has 2 aromatic rings. The number of furan rings is 1. The van der Waals surface area contributed by atoms with E-state index < -0.39 is 16.0 Å². The van der Waals surface area contributed by atoms with Gasteiger partial charge >= 0.3 is 5.97 Å². The monoisotopic (exact) mass is 301 g/mol. The molecule has 8 heteroatoms. The molecule has 0 aromatic carbocycles. The van der Waals surface area contributed by atoms with E-state index in [4.69, 9.17) is 9.52 Å². The number of thiophene rings is 1. The summed E-state index contributed by atoms with van der Waals surface area (Å²) in [4.78, 5) is 11.2. The number of hydrogen-bond acceptors (Lipinski definition) is 5. The molecule has 102 valence electrons. The van der Waals surface area contributed by atoms with Gasteiger partial charge in [0.25, 0.3) is 0 Å². The summed E-state index contributed by atoms with van der Waals surface area (Å²) in [5.74, 6) is -0.657. The molecule has 0 atom stereocenters. The number of nitrogens with one attached hydrogen (secondary N) is 1. The highest BCUT2D eigenvalue weighted by molar-refractivity contribution is 7.89. The molecule has 2 N–H and O–H groups in total. The molecule has 0 aliphatic rings. The predicted molar refractivity (Wildman–Crippen MR) is 68.7 cm³/mol. The SMILES string of the molecule is Cc1sc(C(=O)O)cc1S(=O)(=O)NCc1ccco1. The van der Waals surface area contributed by atoms with Gasteiger partial charge in [-0.1, -0.05) is 0 Å². The highest BCUT2D eigenvalue weighted by atomic mass is 32.2. The Kier molecular flexibility index (Phi) is 3.74. The fraction of sp³-hybridized carbons (Fsp3) is 0.182. The minimum Gasteiger partial charge on any atom is -0.477 e. The molecule has 0 amide bonds. The second-order valence-electron chi connectivity index (χ2n) is 3.74. The third kappa shape index (κ3) is 3.03. The van der Waals surface area contributed by atoms with E-state index in [-0.39, 0.29) is 16.3 Å². The summed E-state index contributed by atoms with van der Waals surface area (Å²) in [7, 11) is -3.74. The number of sulfonamides is 1. The summed E-state index contributed by atoms with van der Waals surface area (Å²) in [6.07, 6.45) is 1.45. The highest BCUT2D eigenvalue weighted by Gasteiger charge is 2.22. The summed E-state index contributed by atoms with van der Waals surface area (Å²) in [6, 6.07) is 4.46. The summed E-state index contributed by atoms with van der Waals surface area (Å²) >= 11 is 0.931. The molecule has 2 rings (SSSR count). The molecule has 0 aliphatic carbocycles. The van der Waals surface area contributed by atoms with E-state index >= 15 is 0 Å². The Morgan fingerprint density at radius 2 is 2.26 bits per heavy atom. The van der Waals surface area contributed by atoms with Crippen LogP contribution in [-0.4, -0.2) is 19.5 Å². The van der Waals surface area contributed by atoms with Crippen LogP contribution in [0.4, 0.5) is 0 Å². The molecule has 0 spiro atoms. The number of hydrogen-bond donors (Lipinski definition) is 2. The van der Waals surface area contributed by atoms with Gasteiger partial charge in [0.15, 0.2) is 0 Å². The summed E-state index contributed by atoms with van der Waals surface area (Å²) in [5.41, 5.74) is 0. The predicted octanol–water partition coefficient (Wildman–Crippen LogP) is 1.83. The van der Waals surface area contributed by atoms with Gasteiger partial charge in [-0.2, -0.15) is 0 Å². The zero-order chi connectivity index (χ0) is 14.0. The Hall–Kier alpha value is -1.64. The fourth-order valence-corrected chi connectivity index (χ4v) is 3.92. The van der Waals surface area contributed by atoms with E-state index in [9.17, 15) is 13.2 Å². The summed E-state index contributed by atoms with van der Waals surface area (Å²) in [5, 5.41) is 8.85. The number of carbonyl (C=O) groups is 1. The van der Waals surface area contributed by atoms with Crippen LogP contribution in [0.2, 0.25) is 0 Å².